The van der Waals surface area contributed by atoms with Gasteiger partial charge in [-0.15, -0.1) is 0 Å². The van der Waals surface area contributed by atoms with Crippen LogP contribution in [0.15, 0.2) is 84.6 Å². The number of halogens is 1. The number of carbonyl (C=O) groups excluding carboxylic acids is 1. The summed E-state index contributed by atoms with van der Waals surface area (Å²) in [6.07, 6.45) is 0. The van der Waals surface area contributed by atoms with Crippen molar-refractivity contribution in [3.63, 3.8) is 0 Å². The van der Waals surface area contributed by atoms with Gasteiger partial charge in [-0.3, -0.25) is 9.69 Å². The Morgan fingerprint density at radius 1 is 0.929 bits per heavy atom. The summed E-state index contributed by atoms with van der Waals surface area (Å²) in [5.41, 5.74) is 2.57. The zero-order valence-corrected chi connectivity index (χ0v) is 15.2. The number of methoxy groups -OCH3 is 1. The maximum Gasteiger partial charge on any atom is 0.294 e. The third-order valence-electron chi connectivity index (χ3n) is 4.83. The average molecular weight is 375 g/mol. The molecule has 0 aromatic heterocycles. The fourth-order valence-corrected chi connectivity index (χ4v) is 3.49. The molecule has 1 N–H and O–H groups in total. The fraction of sp³-hybridized carbons (Fsp3) is 0.0870. The molecule has 5 heteroatoms. The minimum atomic E-state index is -0.535. The number of nitrogens with zero attached hydrogens (tertiary/aromatic N) is 1. The molecule has 0 spiro atoms. The van der Waals surface area contributed by atoms with Crippen LogP contribution >= 0.6 is 0 Å². The van der Waals surface area contributed by atoms with E-state index in [9.17, 15) is 14.3 Å². The van der Waals surface area contributed by atoms with Crippen molar-refractivity contribution < 1.29 is 19.0 Å². The van der Waals surface area contributed by atoms with Crippen LogP contribution in [0.25, 0.3) is 5.57 Å². The van der Waals surface area contributed by atoms with Gasteiger partial charge in [0.15, 0.2) is 5.76 Å². The molecule has 0 saturated carbocycles. The number of ether oxygens (including phenoxy) is 1. The Labute approximate surface area is 162 Å². The van der Waals surface area contributed by atoms with Crippen molar-refractivity contribution in [2.24, 2.45) is 0 Å². The summed E-state index contributed by atoms with van der Waals surface area (Å²) < 4.78 is 18.6. The van der Waals surface area contributed by atoms with E-state index in [4.69, 9.17) is 4.74 Å². The molecule has 3 aromatic rings. The van der Waals surface area contributed by atoms with Crippen LogP contribution in [0.1, 0.15) is 17.2 Å². The first-order valence-corrected chi connectivity index (χ1v) is 8.82. The monoisotopic (exact) mass is 375 g/mol. The molecule has 140 valence electrons. The SMILES string of the molecule is COc1ccc(C2=C(O)C(=O)N(c3ccc(F)cc3)[C@H]2c2ccccc2)cc1. The summed E-state index contributed by atoms with van der Waals surface area (Å²) in [4.78, 5) is 14.5. The first-order chi connectivity index (χ1) is 13.6. The van der Waals surface area contributed by atoms with Crippen molar-refractivity contribution >= 4 is 17.2 Å². The molecule has 3 aromatic carbocycles. The van der Waals surface area contributed by atoms with Crippen LogP contribution < -0.4 is 9.64 Å². The van der Waals surface area contributed by atoms with Crippen LogP contribution in [0.4, 0.5) is 10.1 Å². The van der Waals surface area contributed by atoms with E-state index in [1.165, 1.54) is 29.2 Å². The molecular formula is C23H18FNO3. The summed E-state index contributed by atoms with van der Waals surface area (Å²) in [5.74, 6) is -0.548. The molecule has 1 heterocycles. The van der Waals surface area contributed by atoms with Crippen LogP contribution in [0, 0.1) is 5.82 Å². The molecular weight excluding hydrogens is 357 g/mol. The lowest BCUT2D eigenvalue weighted by Gasteiger charge is -2.27. The van der Waals surface area contributed by atoms with Gasteiger partial charge in [-0.25, -0.2) is 4.39 Å². The Hall–Kier alpha value is -3.60. The Balaban J connectivity index is 1.87. The molecule has 0 fully saturated rings. The Morgan fingerprint density at radius 3 is 2.18 bits per heavy atom. The minimum absolute atomic E-state index is 0.316. The number of hydrogen-bond acceptors (Lipinski definition) is 3. The molecule has 0 aliphatic carbocycles. The third-order valence-corrected chi connectivity index (χ3v) is 4.83. The maximum absolute atomic E-state index is 13.4. The van der Waals surface area contributed by atoms with E-state index in [0.717, 1.165) is 5.56 Å². The Kier molecular flexibility index (Phi) is 4.57. The minimum Gasteiger partial charge on any atom is -0.503 e. The standard InChI is InChI=1S/C23H18FNO3/c1-28-19-13-7-15(8-14-19)20-21(16-5-3-2-4-6-16)25(23(27)22(20)26)18-11-9-17(24)10-12-18/h2-14,21,26H,1H3/t21-/m0/s1. The van der Waals surface area contributed by atoms with Crippen LogP contribution in [0.5, 0.6) is 5.75 Å². The molecule has 0 radical (unpaired) electrons. The van der Waals surface area contributed by atoms with E-state index in [0.29, 0.717) is 22.6 Å². The second-order valence-corrected chi connectivity index (χ2v) is 6.46. The van der Waals surface area contributed by atoms with Crippen molar-refractivity contribution in [3.05, 3.63) is 102 Å². The third kappa shape index (κ3) is 3.01. The summed E-state index contributed by atoms with van der Waals surface area (Å²) in [7, 11) is 1.58. The lowest BCUT2D eigenvalue weighted by molar-refractivity contribution is -0.117. The number of benzene rings is 3. The van der Waals surface area contributed by atoms with Crippen LogP contribution in [0.3, 0.4) is 0 Å². The molecule has 4 rings (SSSR count). The average Bonchev–Trinajstić information content (AvgIpc) is 3.00. The number of carbonyl (C=O) groups is 1. The molecule has 1 atom stereocenters. The number of amides is 1. The maximum atomic E-state index is 13.4. The van der Waals surface area contributed by atoms with Gasteiger partial charge in [0, 0.05) is 11.3 Å². The highest BCUT2D eigenvalue weighted by atomic mass is 19.1. The Morgan fingerprint density at radius 2 is 1.57 bits per heavy atom. The van der Waals surface area contributed by atoms with Gasteiger partial charge >= 0.3 is 0 Å². The molecule has 1 aliphatic heterocycles. The molecule has 1 amide bonds. The molecule has 1 aliphatic rings. The first kappa shape index (κ1) is 17.8. The normalized spacial score (nSPS) is 16.6. The number of hydrogen-bond donors (Lipinski definition) is 1. The van der Waals surface area contributed by atoms with E-state index < -0.39 is 11.9 Å². The molecule has 0 saturated heterocycles. The zero-order valence-electron chi connectivity index (χ0n) is 15.2. The topological polar surface area (TPSA) is 49.8 Å². The van der Waals surface area contributed by atoms with Crippen LogP contribution in [0.2, 0.25) is 0 Å². The molecule has 28 heavy (non-hydrogen) atoms. The van der Waals surface area contributed by atoms with Crippen molar-refractivity contribution in [1.29, 1.82) is 0 Å². The fourth-order valence-electron chi connectivity index (χ4n) is 3.49. The van der Waals surface area contributed by atoms with Gasteiger partial charge in [-0.2, -0.15) is 0 Å². The van der Waals surface area contributed by atoms with E-state index in [-0.39, 0.29) is 11.6 Å². The predicted molar refractivity (Wildman–Crippen MR) is 106 cm³/mol. The van der Waals surface area contributed by atoms with E-state index in [1.807, 2.05) is 42.5 Å². The zero-order chi connectivity index (χ0) is 19.7. The number of aliphatic hydroxyl groups is 1. The van der Waals surface area contributed by atoms with Crippen molar-refractivity contribution in [1.82, 2.24) is 0 Å². The van der Waals surface area contributed by atoms with E-state index >= 15 is 0 Å². The predicted octanol–water partition coefficient (Wildman–Crippen LogP) is 4.89. The highest BCUT2D eigenvalue weighted by Gasteiger charge is 2.41. The quantitative estimate of drug-likeness (QED) is 0.706. The highest BCUT2D eigenvalue weighted by Crippen LogP contribution is 2.45. The van der Waals surface area contributed by atoms with Crippen molar-refractivity contribution in [2.75, 3.05) is 12.0 Å². The largest absolute Gasteiger partial charge is 0.503 e. The van der Waals surface area contributed by atoms with Gasteiger partial charge in [-0.05, 0) is 47.5 Å². The highest BCUT2D eigenvalue weighted by molar-refractivity contribution is 6.15. The summed E-state index contributed by atoms with van der Waals surface area (Å²) in [6, 6.07) is 21.8. The van der Waals surface area contributed by atoms with Crippen molar-refractivity contribution in [2.45, 2.75) is 6.04 Å². The van der Waals surface area contributed by atoms with E-state index in [1.54, 1.807) is 19.2 Å². The summed E-state index contributed by atoms with van der Waals surface area (Å²) in [5, 5.41) is 10.7. The van der Waals surface area contributed by atoms with Gasteiger partial charge in [0.05, 0.1) is 13.2 Å². The number of aliphatic hydroxyl groups excluding tert-OH is 1. The smallest absolute Gasteiger partial charge is 0.294 e. The van der Waals surface area contributed by atoms with Crippen LogP contribution in [-0.2, 0) is 4.79 Å². The Bertz CT molecular complexity index is 1030. The molecule has 0 bridgehead atoms. The van der Waals surface area contributed by atoms with Gasteiger partial charge < -0.3 is 9.84 Å². The number of anilines is 1. The van der Waals surface area contributed by atoms with Crippen LogP contribution in [-0.4, -0.2) is 18.1 Å². The molecule has 0 unspecified atom stereocenters. The lowest BCUT2D eigenvalue weighted by Crippen LogP contribution is -2.30. The summed E-state index contributed by atoms with van der Waals surface area (Å²) in [6.45, 7) is 0. The summed E-state index contributed by atoms with van der Waals surface area (Å²) >= 11 is 0. The number of rotatable bonds is 4. The first-order valence-electron chi connectivity index (χ1n) is 8.82. The lowest BCUT2D eigenvalue weighted by atomic mass is 9.93. The van der Waals surface area contributed by atoms with Gasteiger partial charge in [0.25, 0.3) is 5.91 Å². The van der Waals surface area contributed by atoms with Gasteiger partial charge in [0.1, 0.15) is 11.6 Å². The van der Waals surface area contributed by atoms with Crippen molar-refractivity contribution in [3.8, 4) is 5.75 Å². The second kappa shape index (κ2) is 7.19. The second-order valence-electron chi connectivity index (χ2n) is 6.46. The van der Waals surface area contributed by atoms with Gasteiger partial charge in [-0.1, -0.05) is 42.5 Å². The van der Waals surface area contributed by atoms with E-state index in [2.05, 4.69) is 0 Å². The molecule has 4 nitrogen and oxygen atoms in total. The van der Waals surface area contributed by atoms with Gasteiger partial charge in [0.2, 0.25) is 0 Å².